The summed E-state index contributed by atoms with van der Waals surface area (Å²) in [7, 11) is 1.50. The highest BCUT2D eigenvalue weighted by Crippen LogP contribution is 2.36. The summed E-state index contributed by atoms with van der Waals surface area (Å²) in [5, 5.41) is 12.8. The Morgan fingerprint density at radius 1 is 1.09 bits per heavy atom. The molecule has 0 atom stereocenters. The molecule has 2 aromatic carbocycles. The van der Waals surface area contributed by atoms with Crippen molar-refractivity contribution in [1.82, 2.24) is 0 Å². The van der Waals surface area contributed by atoms with Gasteiger partial charge in [-0.15, -0.1) is 0 Å². The highest BCUT2D eigenvalue weighted by atomic mass is 35.5. The van der Waals surface area contributed by atoms with Crippen LogP contribution in [-0.2, 0) is 6.61 Å². The molecular weight excluding hydrogens is 349 g/mol. The molecule has 0 saturated carbocycles. The normalized spacial score (nSPS) is 10.9. The molecule has 1 N–H and O–H groups in total. The first-order valence-corrected chi connectivity index (χ1v) is 7.30. The van der Waals surface area contributed by atoms with Gasteiger partial charge in [-0.05, 0) is 29.8 Å². The molecule has 0 heterocycles. The fourth-order valence-electron chi connectivity index (χ4n) is 1.81. The fourth-order valence-corrected chi connectivity index (χ4v) is 2.40. The Balaban J connectivity index is 2.23. The minimum Gasteiger partial charge on any atom is -0.493 e. The summed E-state index contributed by atoms with van der Waals surface area (Å²) in [4.78, 5) is 0. The van der Waals surface area contributed by atoms with Gasteiger partial charge in [0.1, 0.15) is 6.61 Å². The van der Waals surface area contributed by atoms with Crippen molar-refractivity contribution in [3.05, 3.63) is 56.5 Å². The van der Waals surface area contributed by atoms with Gasteiger partial charge in [-0.2, -0.15) is 0 Å². The second kappa shape index (κ2) is 7.58. The molecule has 0 radical (unpaired) electrons. The average Bonchev–Trinajstić information content (AvgIpc) is 2.49. The maximum absolute atomic E-state index is 8.57. The Bertz CT molecular complexity index is 705. The van der Waals surface area contributed by atoms with Gasteiger partial charge in [0.25, 0.3) is 0 Å². The zero-order chi connectivity index (χ0) is 16.1. The van der Waals surface area contributed by atoms with Crippen LogP contribution in [0.1, 0.15) is 11.1 Å². The number of benzene rings is 2. The van der Waals surface area contributed by atoms with Gasteiger partial charge in [-0.25, -0.2) is 0 Å². The molecule has 0 amide bonds. The zero-order valence-electron chi connectivity index (χ0n) is 11.5. The van der Waals surface area contributed by atoms with E-state index in [0.717, 1.165) is 5.56 Å². The quantitative estimate of drug-likeness (QED) is 0.461. The topological polar surface area (TPSA) is 51.0 Å². The Morgan fingerprint density at radius 3 is 2.50 bits per heavy atom. The van der Waals surface area contributed by atoms with Crippen molar-refractivity contribution in [2.75, 3.05) is 7.11 Å². The molecule has 0 unspecified atom stereocenters. The summed E-state index contributed by atoms with van der Waals surface area (Å²) in [6.07, 6.45) is 1.25. The van der Waals surface area contributed by atoms with Crippen molar-refractivity contribution >= 4 is 41.0 Å². The molecule has 0 aliphatic rings. The smallest absolute Gasteiger partial charge is 0.180 e. The predicted molar refractivity (Wildman–Crippen MR) is 88.2 cm³/mol. The molecule has 2 aromatic rings. The molecule has 0 aliphatic heterocycles. The lowest BCUT2D eigenvalue weighted by atomic mass is 10.2. The standard InChI is InChI=1S/C15H12Cl3NO3/c1-21-14-6-10(7-19-20)5-13(18)15(14)22-8-9-2-3-11(16)12(17)4-9/h2-7,20H,8H2,1H3/b19-7-. The van der Waals surface area contributed by atoms with E-state index in [9.17, 15) is 0 Å². The summed E-state index contributed by atoms with van der Waals surface area (Å²) < 4.78 is 11.0. The summed E-state index contributed by atoms with van der Waals surface area (Å²) >= 11 is 18.0. The van der Waals surface area contributed by atoms with E-state index in [1.807, 2.05) is 0 Å². The lowest BCUT2D eigenvalue weighted by molar-refractivity contribution is 0.284. The maximum Gasteiger partial charge on any atom is 0.180 e. The van der Waals surface area contributed by atoms with E-state index >= 15 is 0 Å². The number of rotatable bonds is 5. The largest absolute Gasteiger partial charge is 0.493 e. The third-order valence-electron chi connectivity index (χ3n) is 2.83. The molecule has 4 nitrogen and oxygen atoms in total. The van der Waals surface area contributed by atoms with Crippen LogP contribution in [0.2, 0.25) is 15.1 Å². The second-order valence-electron chi connectivity index (χ2n) is 4.32. The third-order valence-corrected chi connectivity index (χ3v) is 3.85. The number of oxime groups is 1. The van der Waals surface area contributed by atoms with E-state index in [1.165, 1.54) is 13.3 Å². The molecule has 0 aromatic heterocycles. The second-order valence-corrected chi connectivity index (χ2v) is 5.54. The number of hydrogen-bond acceptors (Lipinski definition) is 4. The molecule has 0 saturated heterocycles. The molecular formula is C15H12Cl3NO3. The SMILES string of the molecule is COc1cc(/C=N\O)cc(Cl)c1OCc1ccc(Cl)c(Cl)c1. The van der Waals surface area contributed by atoms with Crippen molar-refractivity contribution in [2.24, 2.45) is 5.16 Å². The molecule has 0 spiro atoms. The van der Waals surface area contributed by atoms with Crippen LogP contribution in [0.25, 0.3) is 0 Å². The Hall–Kier alpha value is -1.62. The number of methoxy groups -OCH3 is 1. The summed E-state index contributed by atoms with van der Waals surface area (Å²) in [6, 6.07) is 8.48. The molecule has 0 aliphatic carbocycles. The lowest BCUT2D eigenvalue weighted by Gasteiger charge is -2.13. The Kier molecular flexibility index (Phi) is 5.77. The first kappa shape index (κ1) is 16.7. The van der Waals surface area contributed by atoms with E-state index in [4.69, 9.17) is 49.5 Å². The van der Waals surface area contributed by atoms with Crippen LogP contribution in [0.5, 0.6) is 11.5 Å². The van der Waals surface area contributed by atoms with Gasteiger partial charge in [0, 0.05) is 5.56 Å². The summed E-state index contributed by atoms with van der Waals surface area (Å²) in [6.45, 7) is 0.250. The van der Waals surface area contributed by atoms with Crippen molar-refractivity contribution in [3.8, 4) is 11.5 Å². The first-order chi connectivity index (χ1) is 10.5. The van der Waals surface area contributed by atoms with Gasteiger partial charge < -0.3 is 14.7 Å². The Labute approximate surface area is 142 Å². The van der Waals surface area contributed by atoms with Crippen LogP contribution in [0.15, 0.2) is 35.5 Å². The monoisotopic (exact) mass is 359 g/mol. The van der Waals surface area contributed by atoms with Crippen LogP contribution < -0.4 is 9.47 Å². The van der Waals surface area contributed by atoms with Gasteiger partial charge in [-0.3, -0.25) is 0 Å². The highest BCUT2D eigenvalue weighted by molar-refractivity contribution is 6.42. The number of hydrogen-bond donors (Lipinski definition) is 1. The minimum atomic E-state index is 0.250. The molecule has 22 heavy (non-hydrogen) atoms. The van der Waals surface area contributed by atoms with Crippen molar-refractivity contribution < 1.29 is 14.7 Å². The fraction of sp³-hybridized carbons (Fsp3) is 0.133. The van der Waals surface area contributed by atoms with E-state index in [-0.39, 0.29) is 6.61 Å². The van der Waals surface area contributed by atoms with Crippen molar-refractivity contribution in [3.63, 3.8) is 0 Å². The molecule has 0 bridgehead atoms. The maximum atomic E-state index is 8.57. The lowest BCUT2D eigenvalue weighted by Crippen LogP contribution is -1.99. The Morgan fingerprint density at radius 2 is 1.86 bits per heavy atom. The number of ether oxygens (including phenoxy) is 2. The predicted octanol–water partition coefficient (Wildman–Crippen LogP) is 5.04. The van der Waals surface area contributed by atoms with Crippen LogP contribution in [0.3, 0.4) is 0 Å². The van der Waals surface area contributed by atoms with Gasteiger partial charge in [0.15, 0.2) is 11.5 Å². The van der Waals surface area contributed by atoms with Gasteiger partial charge in [-0.1, -0.05) is 46.0 Å². The van der Waals surface area contributed by atoms with Crippen LogP contribution >= 0.6 is 34.8 Å². The van der Waals surface area contributed by atoms with Crippen molar-refractivity contribution in [1.29, 1.82) is 0 Å². The number of nitrogens with zero attached hydrogens (tertiary/aromatic N) is 1. The van der Waals surface area contributed by atoms with E-state index in [0.29, 0.717) is 32.1 Å². The van der Waals surface area contributed by atoms with Crippen LogP contribution in [-0.4, -0.2) is 18.5 Å². The van der Waals surface area contributed by atoms with Gasteiger partial charge in [0.2, 0.25) is 0 Å². The molecule has 2 rings (SSSR count). The van der Waals surface area contributed by atoms with E-state index in [2.05, 4.69) is 5.16 Å². The van der Waals surface area contributed by atoms with E-state index < -0.39 is 0 Å². The molecule has 116 valence electrons. The zero-order valence-corrected chi connectivity index (χ0v) is 13.8. The summed E-state index contributed by atoms with van der Waals surface area (Å²) in [5.74, 6) is 0.827. The summed E-state index contributed by atoms with van der Waals surface area (Å²) in [5.41, 5.74) is 1.43. The van der Waals surface area contributed by atoms with Crippen LogP contribution in [0.4, 0.5) is 0 Å². The molecule has 7 heteroatoms. The minimum absolute atomic E-state index is 0.250. The third kappa shape index (κ3) is 3.97. The highest BCUT2D eigenvalue weighted by Gasteiger charge is 2.12. The van der Waals surface area contributed by atoms with Gasteiger partial charge in [0.05, 0.1) is 28.4 Å². The van der Waals surface area contributed by atoms with Gasteiger partial charge >= 0.3 is 0 Å². The molecule has 0 fully saturated rings. The van der Waals surface area contributed by atoms with Crippen molar-refractivity contribution in [2.45, 2.75) is 6.61 Å². The van der Waals surface area contributed by atoms with E-state index in [1.54, 1.807) is 30.3 Å². The van der Waals surface area contributed by atoms with Crippen LogP contribution in [0, 0.1) is 0 Å². The average molecular weight is 361 g/mol. The number of halogens is 3. The first-order valence-electron chi connectivity index (χ1n) is 6.17.